The minimum atomic E-state index is 0.539. The molecule has 1 nitrogen and oxygen atoms in total. The highest BCUT2D eigenvalue weighted by Crippen LogP contribution is 2.37. The van der Waals surface area contributed by atoms with E-state index >= 15 is 0 Å². The number of nitrogens with one attached hydrogen (secondary N) is 1. The van der Waals surface area contributed by atoms with Gasteiger partial charge in [0.25, 0.3) is 0 Å². The minimum absolute atomic E-state index is 0.539. The van der Waals surface area contributed by atoms with Gasteiger partial charge in [-0.3, -0.25) is 0 Å². The number of rotatable bonds is 6. The van der Waals surface area contributed by atoms with Gasteiger partial charge in [0.15, 0.2) is 0 Å². The fraction of sp³-hybridized carbons (Fsp3) is 0.529. The fourth-order valence-electron chi connectivity index (χ4n) is 3.34. The molecule has 3 heteroatoms. The van der Waals surface area contributed by atoms with Crippen LogP contribution in [0.15, 0.2) is 34.3 Å². The summed E-state index contributed by atoms with van der Waals surface area (Å²) in [6.07, 6.45) is 6.74. The van der Waals surface area contributed by atoms with E-state index in [0.717, 1.165) is 12.3 Å². The van der Waals surface area contributed by atoms with Crippen molar-refractivity contribution in [2.75, 3.05) is 0 Å². The fourth-order valence-corrected chi connectivity index (χ4v) is 4.90. The maximum atomic E-state index is 3.91. The molecule has 2 atom stereocenters. The van der Waals surface area contributed by atoms with Crippen molar-refractivity contribution in [1.82, 2.24) is 5.32 Å². The highest BCUT2D eigenvalue weighted by molar-refractivity contribution is 7.10. The van der Waals surface area contributed by atoms with E-state index in [9.17, 15) is 0 Å². The molecule has 0 amide bonds. The molecule has 1 fully saturated rings. The van der Waals surface area contributed by atoms with Gasteiger partial charge < -0.3 is 5.32 Å². The summed E-state index contributed by atoms with van der Waals surface area (Å²) >= 11 is 3.71. The van der Waals surface area contributed by atoms with Crippen LogP contribution in [-0.2, 0) is 6.42 Å². The molecule has 1 aliphatic carbocycles. The van der Waals surface area contributed by atoms with E-state index in [4.69, 9.17) is 0 Å². The van der Waals surface area contributed by atoms with Crippen LogP contribution in [0.1, 0.15) is 49.1 Å². The lowest BCUT2D eigenvalue weighted by molar-refractivity contribution is 0.339. The third-order valence-electron chi connectivity index (χ3n) is 4.31. The molecule has 0 aliphatic heterocycles. The van der Waals surface area contributed by atoms with Gasteiger partial charge in [-0.25, -0.2) is 0 Å². The quantitative estimate of drug-likeness (QED) is 0.767. The second-order valence-electron chi connectivity index (χ2n) is 5.94. The van der Waals surface area contributed by atoms with Gasteiger partial charge in [-0.15, -0.1) is 11.3 Å². The maximum absolute atomic E-state index is 3.91. The van der Waals surface area contributed by atoms with Crippen LogP contribution >= 0.6 is 22.7 Å². The Kier molecular flexibility index (Phi) is 4.92. The average molecular weight is 306 g/mol. The lowest BCUT2D eigenvalue weighted by Crippen LogP contribution is -2.35. The largest absolute Gasteiger partial charge is 0.306 e. The van der Waals surface area contributed by atoms with E-state index in [2.05, 4.69) is 46.6 Å². The van der Waals surface area contributed by atoms with Crippen molar-refractivity contribution in [2.24, 2.45) is 5.92 Å². The van der Waals surface area contributed by atoms with Crippen molar-refractivity contribution in [3.8, 4) is 0 Å². The van der Waals surface area contributed by atoms with Gasteiger partial charge in [0.05, 0.1) is 0 Å². The zero-order chi connectivity index (χ0) is 13.8. The van der Waals surface area contributed by atoms with E-state index < -0.39 is 0 Å². The molecular weight excluding hydrogens is 282 g/mol. The van der Waals surface area contributed by atoms with E-state index in [1.165, 1.54) is 36.1 Å². The van der Waals surface area contributed by atoms with Crippen LogP contribution in [-0.4, -0.2) is 6.04 Å². The Morgan fingerprint density at radius 3 is 2.75 bits per heavy atom. The predicted molar refractivity (Wildman–Crippen MR) is 89.6 cm³/mol. The summed E-state index contributed by atoms with van der Waals surface area (Å²) in [6, 6.07) is 7.84. The Balaban J connectivity index is 1.66. The second kappa shape index (κ2) is 6.88. The first-order chi connectivity index (χ1) is 9.83. The van der Waals surface area contributed by atoms with Gasteiger partial charge in [0, 0.05) is 17.0 Å². The molecule has 1 aliphatic rings. The van der Waals surface area contributed by atoms with Crippen LogP contribution in [0.5, 0.6) is 0 Å². The molecule has 0 saturated heterocycles. The number of thiophene rings is 2. The van der Waals surface area contributed by atoms with Gasteiger partial charge in [-0.2, -0.15) is 11.3 Å². The van der Waals surface area contributed by atoms with Gasteiger partial charge in [0.2, 0.25) is 0 Å². The third-order valence-corrected chi connectivity index (χ3v) is 5.99. The van der Waals surface area contributed by atoms with Gasteiger partial charge in [-0.1, -0.05) is 18.9 Å². The molecule has 3 rings (SSSR count). The summed E-state index contributed by atoms with van der Waals surface area (Å²) in [5.74, 6) is 0.832. The molecule has 108 valence electrons. The van der Waals surface area contributed by atoms with Gasteiger partial charge in [-0.05, 0) is 65.9 Å². The summed E-state index contributed by atoms with van der Waals surface area (Å²) in [4.78, 5) is 1.52. The lowest BCUT2D eigenvalue weighted by Gasteiger charge is -2.27. The van der Waals surface area contributed by atoms with E-state index in [1.54, 1.807) is 11.3 Å². The lowest BCUT2D eigenvalue weighted by atomic mass is 9.95. The average Bonchev–Trinajstić information content (AvgIpc) is 3.18. The van der Waals surface area contributed by atoms with Crippen LogP contribution < -0.4 is 5.32 Å². The number of hydrogen-bond acceptors (Lipinski definition) is 3. The van der Waals surface area contributed by atoms with Crippen LogP contribution in [0.4, 0.5) is 0 Å². The van der Waals surface area contributed by atoms with Crippen molar-refractivity contribution in [2.45, 2.75) is 51.1 Å². The smallest absolute Gasteiger partial charge is 0.0445 e. The highest BCUT2D eigenvalue weighted by atomic mass is 32.1. The summed E-state index contributed by atoms with van der Waals surface area (Å²) in [6.45, 7) is 2.33. The molecule has 0 bridgehead atoms. The molecule has 0 radical (unpaired) electrons. The van der Waals surface area contributed by atoms with E-state index in [-0.39, 0.29) is 0 Å². The molecular formula is C17H23NS2. The van der Waals surface area contributed by atoms with Crippen LogP contribution in [0.25, 0.3) is 0 Å². The second-order valence-corrected chi connectivity index (χ2v) is 7.70. The zero-order valence-electron chi connectivity index (χ0n) is 12.0. The molecule has 2 aromatic rings. The maximum Gasteiger partial charge on any atom is 0.0445 e. The Morgan fingerprint density at radius 2 is 2.10 bits per heavy atom. The first kappa shape index (κ1) is 14.3. The molecule has 1 saturated carbocycles. The van der Waals surface area contributed by atoms with Crippen LogP contribution in [0, 0.1) is 5.92 Å². The van der Waals surface area contributed by atoms with Crippen molar-refractivity contribution in [1.29, 1.82) is 0 Å². The number of hydrogen-bond donors (Lipinski definition) is 1. The molecule has 20 heavy (non-hydrogen) atoms. The third kappa shape index (κ3) is 3.51. The summed E-state index contributed by atoms with van der Waals surface area (Å²) in [7, 11) is 0. The van der Waals surface area contributed by atoms with Gasteiger partial charge >= 0.3 is 0 Å². The zero-order valence-corrected chi connectivity index (χ0v) is 13.7. The predicted octanol–water partition coefficient (Wildman–Crippen LogP) is 5.26. The summed E-state index contributed by atoms with van der Waals surface area (Å²) < 4.78 is 0. The monoisotopic (exact) mass is 305 g/mol. The standard InChI is InChI=1S/C17H23NS2/c1-13(11-14-8-10-19-12-14)18-17(15-5-2-3-6-15)16-7-4-9-20-16/h4,7-10,12-13,15,17-18H,2-3,5-6,11H2,1H3. The first-order valence-corrected chi connectivity index (χ1v) is 9.45. The first-order valence-electron chi connectivity index (χ1n) is 7.63. The molecule has 0 spiro atoms. The normalized spacial score (nSPS) is 19.2. The van der Waals surface area contributed by atoms with Gasteiger partial charge in [0.1, 0.15) is 0 Å². The molecule has 2 heterocycles. The van der Waals surface area contributed by atoms with Crippen molar-refractivity contribution >= 4 is 22.7 Å². The Bertz CT molecular complexity index is 483. The summed E-state index contributed by atoms with van der Waals surface area (Å²) in [5, 5.41) is 10.6. The van der Waals surface area contributed by atoms with E-state index in [0.29, 0.717) is 12.1 Å². The van der Waals surface area contributed by atoms with Crippen LogP contribution in [0.3, 0.4) is 0 Å². The highest BCUT2D eigenvalue weighted by Gasteiger charge is 2.27. The SMILES string of the molecule is CC(Cc1ccsc1)NC(c1cccs1)C1CCCC1. The van der Waals surface area contributed by atoms with Crippen molar-refractivity contribution in [3.63, 3.8) is 0 Å². The van der Waals surface area contributed by atoms with Crippen molar-refractivity contribution in [3.05, 3.63) is 44.8 Å². The Hall–Kier alpha value is -0.640. The molecule has 2 unspecified atom stereocenters. The summed E-state index contributed by atoms with van der Waals surface area (Å²) in [5.41, 5.74) is 1.46. The molecule has 2 aromatic heterocycles. The van der Waals surface area contributed by atoms with Crippen LogP contribution in [0.2, 0.25) is 0 Å². The molecule has 1 N–H and O–H groups in total. The van der Waals surface area contributed by atoms with E-state index in [1.807, 2.05) is 11.3 Å². The molecule has 0 aromatic carbocycles. The topological polar surface area (TPSA) is 12.0 Å². The van der Waals surface area contributed by atoms with Crippen molar-refractivity contribution < 1.29 is 0 Å². The Labute approximate surface area is 130 Å². The Morgan fingerprint density at radius 1 is 1.25 bits per heavy atom. The minimum Gasteiger partial charge on any atom is -0.306 e.